The normalized spacial score (nSPS) is 21.0. The Labute approximate surface area is 75.2 Å². The predicted octanol–water partition coefficient (Wildman–Crippen LogP) is 0.913. The summed E-state index contributed by atoms with van der Waals surface area (Å²) in [6.07, 6.45) is 3.56. The molecule has 0 spiro atoms. The van der Waals surface area contributed by atoms with E-state index in [0.717, 1.165) is 0 Å². The minimum absolute atomic E-state index is 0.564. The Balaban J connectivity index is 2.23. The van der Waals surface area contributed by atoms with E-state index in [9.17, 15) is 9.90 Å². The molecule has 0 aliphatic heterocycles. The van der Waals surface area contributed by atoms with Crippen LogP contribution in [-0.2, 0) is 4.79 Å². The lowest BCUT2D eigenvalue weighted by atomic mass is 9.95. The molecule has 2 rings (SSSR count). The van der Waals surface area contributed by atoms with Gasteiger partial charge in [-0.05, 0) is 24.5 Å². The summed E-state index contributed by atoms with van der Waals surface area (Å²) in [6.45, 7) is 0. The maximum atomic E-state index is 10.8. The first-order valence-corrected chi connectivity index (χ1v) is 4.21. The number of aliphatic hydroxyl groups is 1. The Bertz CT molecular complexity index is 314. The van der Waals surface area contributed by atoms with Gasteiger partial charge in [0.2, 0.25) is 0 Å². The Kier molecular flexibility index (Phi) is 1.66. The van der Waals surface area contributed by atoms with Crippen molar-refractivity contribution in [2.45, 2.75) is 18.9 Å². The summed E-state index contributed by atoms with van der Waals surface area (Å²) in [4.78, 5) is 13.6. The molecule has 0 radical (unpaired) electrons. The van der Waals surface area contributed by atoms with Gasteiger partial charge < -0.3 is 15.2 Å². The molecular formula is C9H11NO3. The first-order valence-electron chi connectivity index (χ1n) is 4.21. The number of hydrogen-bond acceptors (Lipinski definition) is 2. The first-order chi connectivity index (χ1) is 6.17. The Morgan fingerprint density at radius 2 is 2.31 bits per heavy atom. The van der Waals surface area contributed by atoms with Crippen LogP contribution in [0.15, 0.2) is 18.5 Å². The highest BCUT2D eigenvalue weighted by Gasteiger charge is 2.56. The van der Waals surface area contributed by atoms with Crippen LogP contribution in [0.3, 0.4) is 0 Å². The van der Waals surface area contributed by atoms with Crippen LogP contribution in [0.2, 0.25) is 0 Å². The van der Waals surface area contributed by atoms with E-state index >= 15 is 0 Å². The summed E-state index contributed by atoms with van der Waals surface area (Å²) in [7, 11) is 0. The zero-order valence-electron chi connectivity index (χ0n) is 7.03. The summed E-state index contributed by atoms with van der Waals surface area (Å²) >= 11 is 0. The van der Waals surface area contributed by atoms with Gasteiger partial charge in [0.15, 0.2) is 0 Å². The molecule has 1 heterocycles. The lowest BCUT2D eigenvalue weighted by Gasteiger charge is -2.16. The van der Waals surface area contributed by atoms with Crippen LogP contribution in [-0.4, -0.2) is 21.2 Å². The highest BCUT2D eigenvalue weighted by Crippen LogP contribution is 2.55. The lowest BCUT2D eigenvalue weighted by Crippen LogP contribution is -2.23. The van der Waals surface area contributed by atoms with E-state index in [-0.39, 0.29) is 0 Å². The monoisotopic (exact) mass is 181 g/mol. The largest absolute Gasteiger partial charge is 0.481 e. The van der Waals surface area contributed by atoms with Crippen LogP contribution < -0.4 is 0 Å². The third-order valence-corrected chi connectivity index (χ3v) is 2.68. The molecule has 70 valence electrons. The van der Waals surface area contributed by atoms with Crippen molar-refractivity contribution in [2.75, 3.05) is 0 Å². The molecule has 0 amide bonds. The fraction of sp³-hybridized carbons (Fsp3) is 0.444. The SMILES string of the molecule is O=C(O)C1(C(O)c2cc[nH]c2)CC1. The van der Waals surface area contributed by atoms with Gasteiger partial charge in [0, 0.05) is 12.4 Å². The van der Waals surface area contributed by atoms with Crippen LogP contribution in [0.4, 0.5) is 0 Å². The fourth-order valence-corrected chi connectivity index (χ4v) is 1.56. The molecule has 0 bridgehead atoms. The molecule has 1 atom stereocenters. The van der Waals surface area contributed by atoms with Crippen LogP contribution in [0.5, 0.6) is 0 Å². The van der Waals surface area contributed by atoms with Crippen molar-refractivity contribution >= 4 is 5.97 Å². The summed E-state index contributed by atoms with van der Waals surface area (Å²) in [5.74, 6) is -0.902. The molecule has 1 aliphatic rings. The number of carbonyl (C=O) groups is 1. The maximum absolute atomic E-state index is 10.8. The average Bonchev–Trinajstić information content (AvgIpc) is 2.74. The van der Waals surface area contributed by atoms with E-state index in [0.29, 0.717) is 18.4 Å². The second kappa shape index (κ2) is 2.60. The summed E-state index contributed by atoms with van der Waals surface area (Å²) in [5, 5.41) is 18.7. The summed E-state index contributed by atoms with van der Waals surface area (Å²) < 4.78 is 0. The zero-order chi connectivity index (χ0) is 9.47. The van der Waals surface area contributed by atoms with Crippen LogP contribution >= 0.6 is 0 Å². The van der Waals surface area contributed by atoms with E-state index in [2.05, 4.69) is 4.98 Å². The number of H-pyrrole nitrogens is 1. The molecule has 0 saturated heterocycles. The van der Waals surface area contributed by atoms with Gasteiger partial charge in [-0.1, -0.05) is 0 Å². The van der Waals surface area contributed by atoms with E-state index in [4.69, 9.17) is 5.11 Å². The van der Waals surface area contributed by atoms with Gasteiger partial charge in [0.25, 0.3) is 0 Å². The van der Waals surface area contributed by atoms with Crippen molar-refractivity contribution in [3.05, 3.63) is 24.0 Å². The molecular weight excluding hydrogens is 170 g/mol. The number of aromatic nitrogens is 1. The van der Waals surface area contributed by atoms with Crippen molar-refractivity contribution in [3.63, 3.8) is 0 Å². The number of aliphatic carboxylic acids is 1. The van der Waals surface area contributed by atoms with Crippen LogP contribution in [0, 0.1) is 5.41 Å². The first kappa shape index (κ1) is 8.31. The number of aromatic amines is 1. The van der Waals surface area contributed by atoms with Gasteiger partial charge in [0.1, 0.15) is 0 Å². The smallest absolute Gasteiger partial charge is 0.312 e. The number of rotatable bonds is 3. The molecule has 4 heteroatoms. The Morgan fingerprint density at radius 1 is 1.62 bits per heavy atom. The van der Waals surface area contributed by atoms with E-state index in [1.165, 1.54) is 0 Å². The summed E-state index contributed by atoms with van der Waals surface area (Å²) in [6, 6.07) is 1.70. The highest BCUT2D eigenvalue weighted by atomic mass is 16.4. The number of carboxylic acids is 1. The molecule has 1 fully saturated rings. The minimum Gasteiger partial charge on any atom is -0.481 e. The van der Waals surface area contributed by atoms with E-state index in [1.54, 1.807) is 18.5 Å². The minimum atomic E-state index is -0.914. The van der Waals surface area contributed by atoms with Crippen molar-refractivity contribution < 1.29 is 15.0 Å². The van der Waals surface area contributed by atoms with E-state index < -0.39 is 17.5 Å². The van der Waals surface area contributed by atoms with Gasteiger partial charge in [-0.3, -0.25) is 4.79 Å². The number of aliphatic hydroxyl groups excluding tert-OH is 1. The molecule has 1 aliphatic carbocycles. The fourth-order valence-electron chi connectivity index (χ4n) is 1.56. The molecule has 4 nitrogen and oxygen atoms in total. The summed E-state index contributed by atoms with van der Waals surface area (Å²) in [5.41, 5.74) is -0.262. The van der Waals surface area contributed by atoms with Gasteiger partial charge in [-0.15, -0.1) is 0 Å². The number of hydrogen-bond donors (Lipinski definition) is 3. The molecule has 13 heavy (non-hydrogen) atoms. The van der Waals surface area contributed by atoms with Crippen LogP contribution in [0.1, 0.15) is 24.5 Å². The number of nitrogens with one attached hydrogen (secondary N) is 1. The van der Waals surface area contributed by atoms with Gasteiger partial charge in [-0.2, -0.15) is 0 Å². The van der Waals surface area contributed by atoms with Crippen molar-refractivity contribution in [2.24, 2.45) is 5.41 Å². The maximum Gasteiger partial charge on any atom is 0.312 e. The molecule has 1 unspecified atom stereocenters. The second-order valence-electron chi connectivity index (χ2n) is 3.51. The second-order valence-corrected chi connectivity index (χ2v) is 3.51. The Morgan fingerprint density at radius 3 is 2.69 bits per heavy atom. The van der Waals surface area contributed by atoms with Gasteiger partial charge >= 0.3 is 5.97 Å². The average molecular weight is 181 g/mol. The van der Waals surface area contributed by atoms with E-state index in [1.807, 2.05) is 0 Å². The molecule has 1 saturated carbocycles. The van der Waals surface area contributed by atoms with Crippen LogP contribution in [0.25, 0.3) is 0 Å². The van der Waals surface area contributed by atoms with Gasteiger partial charge in [0.05, 0.1) is 11.5 Å². The Hall–Kier alpha value is -1.29. The molecule has 1 aromatic rings. The predicted molar refractivity (Wildman–Crippen MR) is 45.1 cm³/mol. The third-order valence-electron chi connectivity index (χ3n) is 2.68. The van der Waals surface area contributed by atoms with Crippen molar-refractivity contribution in [1.82, 2.24) is 4.98 Å². The lowest BCUT2D eigenvalue weighted by molar-refractivity contribution is -0.148. The molecule has 0 aromatic carbocycles. The molecule has 3 N–H and O–H groups in total. The highest BCUT2D eigenvalue weighted by molar-refractivity contribution is 5.78. The standard InChI is InChI=1S/C9H11NO3/c11-7(6-1-4-10-5-6)9(2-3-9)8(12)13/h1,4-5,7,10-11H,2-3H2,(H,12,13). The zero-order valence-corrected chi connectivity index (χ0v) is 7.03. The third kappa shape index (κ3) is 1.14. The van der Waals surface area contributed by atoms with Crippen molar-refractivity contribution in [1.29, 1.82) is 0 Å². The quantitative estimate of drug-likeness (QED) is 0.649. The number of carboxylic acid groups (broad SMARTS) is 1. The van der Waals surface area contributed by atoms with Crippen molar-refractivity contribution in [3.8, 4) is 0 Å². The molecule has 1 aromatic heterocycles. The van der Waals surface area contributed by atoms with Gasteiger partial charge in [-0.25, -0.2) is 0 Å². The topological polar surface area (TPSA) is 73.3 Å².